The summed E-state index contributed by atoms with van der Waals surface area (Å²) in [5, 5.41) is 74.2. The number of aldehydes is 2. The molecule has 152 valence electrons. The van der Waals surface area contributed by atoms with Crippen LogP contribution in [0.1, 0.15) is 0 Å². The van der Waals surface area contributed by atoms with Gasteiger partial charge in [-0.1, -0.05) is 0 Å². The van der Waals surface area contributed by atoms with Crippen LogP contribution >= 0.6 is 12.2 Å². The van der Waals surface area contributed by atoms with E-state index in [0.29, 0.717) is 0 Å². The molecule has 0 saturated heterocycles. The Balaban J connectivity index is 4.30. The summed E-state index contributed by atoms with van der Waals surface area (Å²) in [6, 6.07) is 0. The maximum atomic E-state index is 10.3. The highest BCUT2D eigenvalue weighted by Gasteiger charge is 2.32. The molecule has 0 aliphatic rings. The van der Waals surface area contributed by atoms with E-state index in [1.807, 2.05) is 0 Å². The van der Waals surface area contributed by atoms with Gasteiger partial charge < -0.3 is 59.9 Å². The van der Waals surface area contributed by atoms with Crippen molar-refractivity contribution in [1.29, 1.82) is 0 Å². The number of aliphatic hydroxyl groups is 8. The van der Waals surface area contributed by atoms with Gasteiger partial charge in [-0.15, -0.1) is 0 Å². The topological polar surface area (TPSA) is 214 Å². The molecule has 0 amide bonds. The van der Waals surface area contributed by atoms with Crippen LogP contribution in [-0.4, -0.2) is 121 Å². The third kappa shape index (κ3) is 7.94. The average Bonchev–Trinajstić information content (AvgIpc) is 2.65. The molecule has 0 aromatic rings. The molecule has 0 aliphatic carbocycles. The molecule has 0 rings (SSSR count). The molecule has 0 saturated carbocycles. The van der Waals surface area contributed by atoms with E-state index in [-0.39, 0.29) is 12.6 Å². The molecule has 0 aromatic carbocycles. The first-order valence-electron chi connectivity index (χ1n) is 7.21. The fourth-order valence-electron chi connectivity index (χ4n) is 1.57. The molecule has 8 atom stereocenters. The van der Waals surface area contributed by atoms with E-state index in [1.54, 1.807) is 0 Å². The maximum absolute atomic E-state index is 10.3. The van der Waals surface area contributed by atoms with E-state index < -0.39 is 67.3 Å². The van der Waals surface area contributed by atoms with Gasteiger partial charge in [0.25, 0.3) is 0 Å². The molecule has 26 heavy (non-hydrogen) atoms. The summed E-state index contributed by atoms with van der Waals surface area (Å²) in [6.45, 7) is -1.43. The number of hydrogen-bond donors (Lipinski definition) is 8. The van der Waals surface area contributed by atoms with Crippen molar-refractivity contribution in [2.45, 2.75) is 48.8 Å². The number of carbonyl (C=O) groups excluding carboxylic acids is 2. The minimum Gasteiger partial charge on any atom is -0.454 e. The lowest BCUT2D eigenvalue weighted by atomic mass is 10.0. The smallest absolute Gasteiger partial charge is 0.352 e. The number of hydrogen-bond acceptors (Lipinski definition) is 13. The van der Waals surface area contributed by atoms with Crippen LogP contribution in [0.5, 0.6) is 0 Å². The summed E-state index contributed by atoms with van der Waals surface area (Å²) in [4.78, 5) is 20.6. The van der Waals surface area contributed by atoms with Crippen LogP contribution in [-0.2, 0) is 19.1 Å². The maximum Gasteiger partial charge on any atom is 0.352 e. The van der Waals surface area contributed by atoms with Crippen LogP contribution in [0.2, 0.25) is 0 Å². The first kappa shape index (κ1) is 24.7. The van der Waals surface area contributed by atoms with Crippen LogP contribution in [0.4, 0.5) is 0 Å². The zero-order valence-corrected chi connectivity index (χ0v) is 14.1. The van der Waals surface area contributed by atoms with Crippen molar-refractivity contribution in [3.8, 4) is 0 Å². The van der Waals surface area contributed by atoms with Crippen LogP contribution in [0, 0.1) is 0 Å². The van der Waals surface area contributed by atoms with Gasteiger partial charge in [0.1, 0.15) is 62.0 Å². The summed E-state index contributed by atoms with van der Waals surface area (Å²) in [6.07, 6.45) is -15.3. The minimum absolute atomic E-state index is 0.0438. The molecule has 0 aliphatic heterocycles. The third-order valence-electron chi connectivity index (χ3n) is 3.21. The number of rotatable bonds is 12. The summed E-state index contributed by atoms with van der Waals surface area (Å²) in [5.41, 5.74) is 0. The molecule has 13 heteroatoms. The molecule has 0 unspecified atom stereocenters. The van der Waals surface area contributed by atoms with Crippen molar-refractivity contribution in [2.24, 2.45) is 0 Å². The second-order valence-corrected chi connectivity index (χ2v) is 5.56. The number of ether oxygens (including phenoxy) is 2. The quantitative estimate of drug-likeness (QED) is 0.113. The highest BCUT2D eigenvalue weighted by atomic mass is 32.1. The van der Waals surface area contributed by atoms with Crippen LogP contribution in [0.3, 0.4) is 0 Å². The van der Waals surface area contributed by atoms with Gasteiger partial charge in [-0.2, -0.15) is 0 Å². The fraction of sp³-hybridized carbons (Fsp3) is 0.769. The summed E-state index contributed by atoms with van der Waals surface area (Å²) >= 11 is 4.58. The molecule has 12 nitrogen and oxygen atoms in total. The lowest BCUT2D eigenvalue weighted by Crippen LogP contribution is -2.47. The second kappa shape index (κ2) is 12.2. The largest absolute Gasteiger partial charge is 0.454 e. The molecular formula is C13H22O12S. The highest BCUT2D eigenvalue weighted by molar-refractivity contribution is 7.79. The van der Waals surface area contributed by atoms with Crippen molar-refractivity contribution < 1.29 is 59.9 Å². The summed E-state index contributed by atoms with van der Waals surface area (Å²) in [5.74, 6) is 0. The lowest BCUT2D eigenvalue weighted by Gasteiger charge is -2.25. The van der Waals surface area contributed by atoms with Gasteiger partial charge in [0.05, 0.1) is 0 Å². The van der Waals surface area contributed by atoms with Gasteiger partial charge in [-0.25, -0.2) is 0 Å². The van der Waals surface area contributed by atoms with Gasteiger partial charge in [0.2, 0.25) is 0 Å². The molecule has 0 bridgehead atoms. The van der Waals surface area contributed by atoms with Gasteiger partial charge >= 0.3 is 5.24 Å². The van der Waals surface area contributed by atoms with Gasteiger partial charge in [0.15, 0.2) is 12.6 Å². The number of thiocarbonyl (C=S) groups is 1. The Morgan fingerprint density at radius 3 is 1.27 bits per heavy atom. The minimum atomic E-state index is -1.97. The zero-order chi connectivity index (χ0) is 20.4. The Hall–Kier alpha value is -1.29. The van der Waals surface area contributed by atoms with Gasteiger partial charge in [0, 0.05) is 12.2 Å². The molecule has 8 N–H and O–H groups in total. The molecule has 0 radical (unpaired) electrons. The summed E-state index contributed by atoms with van der Waals surface area (Å²) in [7, 11) is 0. The van der Waals surface area contributed by atoms with Gasteiger partial charge in [-0.3, -0.25) is 0 Å². The van der Waals surface area contributed by atoms with Crippen LogP contribution in [0.25, 0.3) is 0 Å². The fourth-order valence-corrected chi connectivity index (χ4v) is 1.70. The standard InChI is InChI=1S/C13H22O12S/c14-1-5(16)9(20)11(22)7(18)3-24-13(26)25-4-8(19)12(23)10(21)6(17)2-15/h1-2,5-12,16-23H,3-4H2/t5-,6-,7+,8+,9-,10-,11+,12+/m1/s1. The highest BCUT2D eigenvalue weighted by Crippen LogP contribution is 2.07. The van der Waals surface area contributed by atoms with Crippen molar-refractivity contribution in [2.75, 3.05) is 13.2 Å². The van der Waals surface area contributed by atoms with E-state index in [0.717, 1.165) is 0 Å². The van der Waals surface area contributed by atoms with Crippen LogP contribution < -0.4 is 0 Å². The predicted molar refractivity (Wildman–Crippen MR) is 84.7 cm³/mol. The first-order chi connectivity index (χ1) is 12.1. The molecule has 0 spiro atoms. The number of carbonyl (C=O) groups is 2. The molecule has 0 heterocycles. The van der Waals surface area contributed by atoms with Gasteiger partial charge in [-0.05, 0) is 0 Å². The van der Waals surface area contributed by atoms with E-state index in [1.165, 1.54) is 0 Å². The Kier molecular flexibility index (Phi) is 11.6. The average molecular weight is 402 g/mol. The second-order valence-electron chi connectivity index (χ2n) is 5.22. The molecule has 0 fully saturated rings. The molecule has 0 aromatic heterocycles. The predicted octanol–water partition coefficient (Wildman–Crippen LogP) is -5.41. The zero-order valence-electron chi connectivity index (χ0n) is 13.3. The van der Waals surface area contributed by atoms with Crippen molar-refractivity contribution in [3.63, 3.8) is 0 Å². The van der Waals surface area contributed by atoms with Crippen molar-refractivity contribution >= 4 is 30.0 Å². The van der Waals surface area contributed by atoms with E-state index in [2.05, 4.69) is 12.2 Å². The van der Waals surface area contributed by atoms with E-state index >= 15 is 0 Å². The normalized spacial score (nSPS) is 20.6. The van der Waals surface area contributed by atoms with Crippen LogP contribution in [0.15, 0.2) is 0 Å². The lowest BCUT2D eigenvalue weighted by molar-refractivity contribution is -0.137. The van der Waals surface area contributed by atoms with Crippen molar-refractivity contribution in [1.82, 2.24) is 0 Å². The Bertz CT molecular complexity index is 411. The number of aliphatic hydroxyl groups excluding tert-OH is 8. The third-order valence-corrected chi connectivity index (χ3v) is 3.45. The summed E-state index contributed by atoms with van der Waals surface area (Å²) < 4.78 is 9.41. The van der Waals surface area contributed by atoms with Crippen molar-refractivity contribution in [3.05, 3.63) is 0 Å². The van der Waals surface area contributed by atoms with E-state index in [9.17, 15) is 40.2 Å². The molecular weight excluding hydrogens is 380 g/mol. The Morgan fingerprint density at radius 1 is 0.692 bits per heavy atom. The Morgan fingerprint density at radius 2 is 1.00 bits per heavy atom. The monoisotopic (exact) mass is 402 g/mol. The SMILES string of the molecule is O=C[C@@H](O)[C@@H](O)[C@@H](O)[C@@H](O)COC(=S)OC[C@H](O)[C@H](O)[C@H](O)[C@H](O)C=O. The van der Waals surface area contributed by atoms with E-state index in [4.69, 9.17) is 19.7 Å². The first-order valence-corrected chi connectivity index (χ1v) is 7.62. The Labute approximate surface area is 152 Å².